The molecule has 1 aromatic carbocycles. The lowest BCUT2D eigenvalue weighted by molar-refractivity contribution is 0.0511. The molecule has 0 saturated carbocycles. The molecule has 0 aliphatic carbocycles. The molecule has 1 amide bonds. The van der Waals surface area contributed by atoms with Crippen LogP contribution in [0.2, 0.25) is 0 Å². The summed E-state index contributed by atoms with van der Waals surface area (Å²) < 4.78 is 10.6. The predicted molar refractivity (Wildman–Crippen MR) is 86.1 cm³/mol. The fraction of sp³-hybridized carbons (Fsp3) is 0.588. The monoisotopic (exact) mass is 306 g/mol. The van der Waals surface area contributed by atoms with E-state index >= 15 is 0 Å². The molecule has 1 unspecified atom stereocenters. The van der Waals surface area contributed by atoms with Gasteiger partial charge in [0, 0.05) is 6.54 Å². The van der Waals surface area contributed by atoms with Crippen LogP contribution in [0.15, 0.2) is 24.3 Å². The van der Waals surface area contributed by atoms with Crippen LogP contribution in [0.5, 0.6) is 5.75 Å². The molecule has 1 saturated heterocycles. The van der Waals surface area contributed by atoms with Crippen molar-refractivity contribution in [1.29, 1.82) is 0 Å². The Kier molecular flexibility index (Phi) is 4.96. The number of hydrogen-bond donors (Lipinski definition) is 2. The van der Waals surface area contributed by atoms with E-state index in [2.05, 4.69) is 16.7 Å². The summed E-state index contributed by atoms with van der Waals surface area (Å²) in [5, 5.41) is 6.42. The minimum Gasteiger partial charge on any atom is -0.497 e. The topological polar surface area (TPSA) is 59.6 Å². The van der Waals surface area contributed by atoms with Crippen LogP contribution < -0.4 is 15.4 Å². The molecule has 5 nitrogen and oxygen atoms in total. The molecule has 0 spiro atoms. The minimum atomic E-state index is -0.490. The maximum atomic E-state index is 11.9. The number of methoxy groups -OCH3 is 1. The quantitative estimate of drug-likeness (QED) is 0.898. The molecule has 5 heteroatoms. The van der Waals surface area contributed by atoms with Gasteiger partial charge in [-0.3, -0.25) is 0 Å². The Labute approximate surface area is 132 Å². The van der Waals surface area contributed by atoms with Crippen molar-refractivity contribution in [2.24, 2.45) is 0 Å². The summed E-state index contributed by atoms with van der Waals surface area (Å²) in [6, 6.07) is 7.99. The summed E-state index contributed by atoms with van der Waals surface area (Å²) in [6.07, 6.45) is 1.66. The Hall–Kier alpha value is -1.75. The summed E-state index contributed by atoms with van der Waals surface area (Å²) in [5.41, 5.74) is 0.377. The average Bonchev–Trinajstić information content (AvgIpc) is 2.94. The Morgan fingerprint density at radius 2 is 2.18 bits per heavy atom. The van der Waals surface area contributed by atoms with Gasteiger partial charge in [-0.25, -0.2) is 4.79 Å². The van der Waals surface area contributed by atoms with Gasteiger partial charge in [0.05, 0.1) is 12.6 Å². The zero-order chi connectivity index (χ0) is 16.2. The van der Waals surface area contributed by atoms with Gasteiger partial charge in [-0.2, -0.15) is 0 Å². The normalized spacial score (nSPS) is 21.5. The summed E-state index contributed by atoms with van der Waals surface area (Å²) in [6.45, 7) is 7.01. The molecule has 2 N–H and O–H groups in total. The summed E-state index contributed by atoms with van der Waals surface area (Å²) >= 11 is 0. The van der Waals surface area contributed by atoms with Crippen molar-refractivity contribution in [3.63, 3.8) is 0 Å². The number of ether oxygens (including phenoxy) is 2. The second-order valence-electron chi connectivity index (χ2n) is 6.70. The van der Waals surface area contributed by atoms with Gasteiger partial charge in [0.2, 0.25) is 0 Å². The van der Waals surface area contributed by atoms with Crippen molar-refractivity contribution in [2.45, 2.75) is 44.8 Å². The Morgan fingerprint density at radius 1 is 1.41 bits per heavy atom. The molecule has 1 aliphatic rings. The highest BCUT2D eigenvalue weighted by atomic mass is 16.6. The second kappa shape index (κ2) is 6.57. The van der Waals surface area contributed by atoms with E-state index in [9.17, 15) is 4.79 Å². The van der Waals surface area contributed by atoms with E-state index < -0.39 is 5.60 Å². The Morgan fingerprint density at radius 3 is 2.77 bits per heavy atom. The van der Waals surface area contributed by atoms with E-state index in [0.717, 1.165) is 30.7 Å². The second-order valence-corrected chi connectivity index (χ2v) is 6.70. The maximum absolute atomic E-state index is 11.9. The third kappa shape index (κ3) is 4.13. The molecule has 0 aromatic heterocycles. The molecule has 2 rings (SSSR count). The number of benzene rings is 1. The highest BCUT2D eigenvalue weighted by Gasteiger charge is 2.36. The summed E-state index contributed by atoms with van der Waals surface area (Å²) in [7, 11) is 1.66. The molecule has 122 valence electrons. The van der Waals surface area contributed by atoms with E-state index in [-0.39, 0.29) is 11.6 Å². The minimum absolute atomic E-state index is 0.258. The first kappa shape index (κ1) is 16.6. The molecule has 22 heavy (non-hydrogen) atoms. The van der Waals surface area contributed by atoms with Gasteiger partial charge in [-0.05, 0) is 57.9 Å². The van der Waals surface area contributed by atoms with Gasteiger partial charge >= 0.3 is 6.09 Å². The Bertz CT molecular complexity index is 517. The van der Waals surface area contributed by atoms with Crippen LogP contribution in [0, 0.1) is 0 Å². The van der Waals surface area contributed by atoms with Crippen LogP contribution in [-0.2, 0) is 10.3 Å². The highest BCUT2D eigenvalue weighted by Crippen LogP contribution is 2.32. The van der Waals surface area contributed by atoms with Crippen LogP contribution in [-0.4, -0.2) is 31.9 Å². The number of rotatable bonds is 4. The molecule has 0 radical (unpaired) electrons. The van der Waals surface area contributed by atoms with Crippen molar-refractivity contribution in [2.75, 3.05) is 20.2 Å². The zero-order valence-electron chi connectivity index (χ0n) is 13.9. The number of carbonyl (C=O) groups is 1. The lowest BCUT2D eigenvalue weighted by atomic mass is 9.88. The SMILES string of the molecule is COc1cccc(C2(CNC(=O)OC(C)(C)C)CCCN2)c1. The van der Waals surface area contributed by atoms with Gasteiger partial charge in [-0.15, -0.1) is 0 Å². The lowest BCUT2D eigenvalue weighted by Crippen LogP contribution is -2.48. The fourth-order valence-corrected chi connectivity index (χ4v) is 2.76. The van der Waals surface area contributed by atoms with Gasteiger partial charge < -0.3 is 20.1 Å². The van der Waals surface area contributed by atoms with Crippen molar-refractivity contribution in [1.82, 2.24) is 10.6 Å². The third-order valence-electron chi connectivity index (χ3n) is 3.80. The molecule has 1 atom stereocenters. The van der Waals surface area contributed by atoms with Crippen molar-refractivity contribution < 1.29 is 14.3 Å². The van der Waals surface area contributed by atoms with Crippen LogP contribution in [0.1, 0.15) is 39.2 Å². The van der Waals surface area contributed by atoms with Crippen LogP contribution >= 0.6 is 0 Å². The average molecular weight is 306 g/mol. The molecule has 0 bridgehead atoms. The Balaban J connectivity index is 2.10. The van der Waals surface area contributed by atoms with E-state index in [0.29, 0.717) is 6.54 Å². The number of hydrogen-bond acceptors (Lipinski definition) is 4. The molecule has 1 aliphatic heterocycles. The first-order chi connectivity index (χ1) is 10.3. The third-order valence-corrected chi connectivity index (χ3v) is 3.80. The van der Waals surface area contributed by atoms with Crippen molar-refractivity contribution in [3.05, 3.63) is 29.8 Å². The molecular formula is C17H26N2O3. The lowest BCUT2D eigenvalue weighted by Gasteiger charge is -2.31. The number of amides is 1. The predicted octanol–water partition coefficient (Wildman–Crippen LogP) is 2.80. The number of nitrogens with one attached hydrogen (secondary N) is 2. The molecular weight excluding hydrogens is 280 g/mol. The van der Waals surface area contributed by atoms with Gasteiger partial charge in [0.25, 0.3) is 0 Å². The molecule has 1 fully saturated rings. The maximum Gasteiger partial charge on any atom is 0.407 e. The number of alkyl carbamates (subject to hydrolysis) is 1. The van der Waals surface area contributed by atoms with E-state index in [1.54, 1.807) is 7.11 Å². The standard InChI is InChI=1S/C17H26N2O3/c1-16(2,3)22-15(20)18-12-17(9-6-10-19-17)13-7-5-8-14(11-13)21-4/h5,7-8,11,19H,6,9-10,12H2,1-4H3,(H,18,20). The molecule has 1 heterocycles. The number of carbonyl (C=O) groups excluding carboxylic acids is 1. The van der Waals surface area contributed by atoms with Crippen molar-refractivity contribution >= 4 is 6.09 Å². The first-order valence-electron chi connectivity index (χ1n) is 7.71. The van der Waals surface area contributed by atoms with Crippen LogP contribution in [0.4, 0.5) is 4.79 Å². The van der Waals surface area contributed by atoms with E-state index in [1.807, 2.05) is 39.0 Å². The summed E-state index contributed by atoms with van der Waals surface area (Å²) in [5.74, 6) is 0.822. The van der Waals surface area contributed by atoms with Gasteiger partial charge in [0.1, 0.15) is 11.4 Å². The largest absolute Gasteiger partial charge is 0.497 e. The van der Waals surface area contributed by atoms with Crippen LogP contribution in [0.25, 0.3) is 0 Å². The zero-order valence-corrected chi connectivity index (χ0v) is 13.9. The first-order valence-corrected chi connectivity index (χ1v) is 7.71. The van der Waals surface area contributed by atoms with E-state index in [4.69, 9.17) is 9.47 Å². The fourth-order valence-electron chi connectivity index (χ4n) is 2.76. The van der Waals surface area contributed by atoms with Gasteiger partial charge in [0.15, 0.2) is 0 Å². The van der Waals surface area contributed by atoms with E-state index in [1.165, 1.54) is 0 Å². The molecule has 1 aromatic rings. The highest BCUT2D eigenvalue weighted by molar-refractivity contribution is 5.67. The smallest absolute Gasteiger partial charge is 0.407 e. The summed E-state index contributed by atoms with van der Waals surface area (Å²) in [4.78, 5) is 11.9. The van der Waals surface area contributed by atoms with Gasteiger partial charge in [-0.1, -0.05) is 12.1 Å². The van der Waals surface area contributed by atoms with Crippen LogP contribution in [0.3, 0.4) is 0 Å². The van der Waals surface area contributed by atoms with Crippen molar-refractivity contribution in [3.8, 4) is 5.75 Å².